The lowest BCUT2D eigenvalue weighted by molar-refractivity contribution is -0.127. The molecule has 6 rings (SSSR count). The number of carbonyl (C=O) groups excluding carboxylic acids is 1. The highest BCUT2D eigenvalue weighted by Gasteiger charge is 2.43. The summed E-state index contributed by atoms with van der Waals surface area (Å²) in [6.45, 7) is 2.66. The fourth-order valence-corrected chi connectivity index (χ4v) is 4.62. The number of nitrogens with one attached hydrogen (secondary N) is 1. The molecule has 7 nitrogen and oxygen atoms in total. The van der Waals surface area contributed by atoms with Gasteiger partial charge in [0.15, 0.2) is 0 Å². The summed E-state index contributed by atoms with van der Waals surface area (Å²) in [5.74, 6) is 0.620. The zero-order valence-corrected chi connectivity index (χ0v) is 16.2. The molecule has 5 heterocycles. The Morgan fingerprint density at radius 1 is 1.10 bits per heavy atom. The topological polar surface area (TPSA) is 75.9 Å². The van der Waals surface area contributed by atoms with E-state index in [2.05, 4.69) is 25.5 Å². The number of amides is 1. The highest BCUT2D eigenvalue weighted by molar-refractivity contribution is 5.93. The molecule has 3 saturated heterocycles. The Hall–Kier alpha value is -3.06. The van der Waals surface area contributed by atoms with Crippen molar-refractivity contribution in [3.8, 4) is 11.4 Å². The number of benzene rings is 1. The Labute approximate surface area is 169 Å². The van der Waals surface area contributed by atoms with E-state index in [0.717, 1.165) is 49.6 Å². The van der Waals surface area contributed by atoms with Crippen molar-refractivity contribution in [1.29, 1.82) is 0 Å². The molecule has 29 heavy (non-hydrogen) atoms. The van der Waals surface area contributed by atoms with Crippen LogP contribution >= 0.6 is 0 Å². The van der Waals surface area contributed by atoms with Gasteiger partial charge in [-0.3, -0.25) is 19.4 Å². The van der Waals surface area contributed by atoms with E-state index in [1.807, 2.05) is 59.4 Å². The van der Waals surface area contributed by atoms with Crippen LogP contribution in [0.15, 0.2) is 60.9 Å². The Bertz CT molecular complexity index is 973. The number of hydrogen-bond donors (Lipinski definition) is 1. The third-order valence-electron chi connectivity index (χ3n) is 6.12. The van der Waals surface area contributed by atoms with Crippen molar-refractivity contribution in [1.82, 2.24) is 24.9 Å². The molecule has 1 unspecified atom stereocenters. The number of hydrogen-bond acceptors (Lipinski definition) is 5. The van der Waals surface area contributed by atoms with E-state index in [9.17, 15) is 4.79 Å². The number of piperidine rings is 3. The van der Waals surface area contributed by atoms with Crippen molar-refractivity contribution < 1.29 is 4.79 Å². The van der Waals surface area contributed by atoms with Gasteiger partial charge in [-0.25, -0.2) is 0 Å². The molecule has 0 spiro atoms. The van der Waals surface area contributed by atoms with Crippen LogP contribution in [-0.2, 0) is 11.3 Å². The molecule has 1 amide bonds. The van der Waals surface area contributed by atoms with E-state index in [1.165, 1.54) is 0 Å². The minimum atomic E-state index is 0.0556. The Morgan fingerprint density at radius 2 is 1.97 bits per heavy atom. The standard InChI is InChI=1S/C22H24N6O/c29-22(24-17-6-2-1-3-7-17)19-14-27-11-9-16(19)12-18(27)13-28-15-21(25-26-28)20-8-4-5-10-23-20/h1-8,10,15-16,18-19H,9,11-14H2,(H,24,29)/t16-,18+,19-/m0/s1. The molecule has 3 aliphatic rings. The van der Waals surface area contributed by atoms with Gasteiger partial charge in [-0.2, -0.15) is 0 Å². The lowest BCUT2D eigenvalue weighted by Crippen LogP contribution is -2.57. The smallest absolute Gasteiger partial charge is 0.229 e. The first-order valence-electron chi connectivity index (χ1n) is 10.2. The number of aromatic nitrogens is 4. The van der Waals surface area contributed by atoms with Gasteiger partial charge in [-0.1, -0.05) is 29.5 Å². The molecule has 3 fully saturated rings. The zero-order valence-electron chi connectivity index (χ0n) is 16.2. The Morgan fingerprint density at radius 3 is 2.72 bits per heavy atom. The van der Waals surface area contributed by atoms with Crippen molar-refractivity contribution in [3.63, 3.8) is 0 Å². The highest BCUT2D eigenvalue weighted by atomic mass is 16.2. The van der Waals surface area contributed by atoms with E-state index in [-0.39, 0.29) is 11.8 Å². The van der Waals surface area contributed by atoms with Gasteiger partial charge in [0.1, 0.15) is 5.69 Å². The molecule has 0 aliphatic carbocycles. The molecule has 1 N–H and O–H groups in total. The minimum absolute atomic E-state index is 0.0556. The molecule has 3 aliphatic heterocycles. The van der Waals surface area contributed by atoms with E-state index in [4.69, 9.17) is 0 Å². The molecule has 2 aromatic heterocycles. The van der Waals surface area contributed by atoms with Crippen LogP contribution in [-0.4, -0.2) is 49.9 Å². The lowest BCUT2D eigenvalue weighted by atomic mass is 9.75. The first-order chi connectivity index (χ1) is 14.3. The fourth-order valence-electron chi connectivity index (χ4n) is 4.62. The van der Waals surface area contributed by atoms with Gasteiger partial charge < -0.3 is 5.32 Å². The summed E-state index contributed by atoms with van der Waals surface area (Å²) in [5, 5.41) is 11.7. The minimum Gasteiger partial charge on any atom is -0.326 e. The molecule has 7 heteroatoms. The monoisotopic (exact) mass is 388 g/mol. The normalized spacial score (nSPS) is 25.7. The van der Waals surface area contributed by atoms with Gasteiger partial charge in [0, 0.05) is 24.5 Å². The maximum Gasteiger partial charge on any atom is 0.229 e. The van der Waals surface area contributed by atoms with Crippen molar-refractivity contribution in [2.45, 2.75) is 25.4 Å². The molecule has 0 saturated carbocycles. The van der Waals surface area contributed by atoms with Crippen LogP contribution in [0, 0.1) is 11.8 Å². The van der Waals surface area contributed by atoms with Crippen LogP contribution in [0.4, 0.5) is 5.69 Å². The summed E-state index contributed by atoms with van der Waals surface area (Å²) in [5.41, 5.74) is 2.50. The number of para-hydroxylation sites is 1. The quantitative estimate of drug-likeness (QED) is 0.727. The van der Waals surface area contributed by atoms with Crippen LogP contribution in [0.1, 0.15) is 12.8 Å². The lowest BCUT2D eigenvalue weighted by Gasteiger charge is -2.49. The van der Waals surface area contributed by atoms with Crippen LogP contribution in [0.5, 0.6) is 0 Å². The van der Waals surface area contributed by atoms with E-state index in [0.29, 0.717) is 12.0 Å². The summed E-state index contributed by atoms with van der Waals surface area (Å²) < 4.78 is 1.91. The van der Waals surface area contributed by atoms with Crippen LogP contribution < -0.4 is 5.32 Å². The van der Waals surface area contributed by atoms with E-state index >= 15 is 0 Å². The predicted octanol–water partition coefficient (Wildman–Crippen LogP) is 2.69. The molecule has 3 aromatic rings. The van der Waals surface area contributed by atoms with Gasteiger partial charge in [0.2, 0.25) is 5.91 Å². The van der Waals surface area contributed by atoms with Gasteiger partial charge in [0.05, 0.1) is 24.4 Å². The van der Waals surface area contributed by atoms with E-state index < -0.39 is 0 Å². The second kappa shape index (κ2) is 7.75. The maximum absolute atomic E-state index is 12.8. The number of nitrogens with zero attached hydrogens (tertiary/aromatic N) is 5. The number of carbonyl (C=O) groups is 1. The predicted molar refractivity (Wildman–Crippen MR) is 110 cm³/mol. The van der Waals surface area contributed by atoms with Gasteiger partial charge in [-0.15, -0.1) is 5.10 Å². The summed E-state index contributed by atoms with van der Waals surface area (Å²) in [6.07, 6.45) is 5.83. The summed E-state index contributed by atoms with van der Waals surface area (Å²) >= 11 is 0. The van der Waals surface area contributed by atoms with Crippen molar-refractivity contribution in [2.75, 3.05) is 18.4 Å². The number of fused-ring (bicyclic) bond motifs is 3. The molecular weight excluding hydrogens is 364 g/mol. The molecule has 148 valence electrons. The van der Waals surface area contributed by atoms with Crippen molar-refractivity contribution in [2.24, 2.45) is 11.8 Å². The van der Waals surface area contributed by atoms with Crippen molar-refractivity contribution >= 4 is 11.6 Å². The van der Waals surface area contributed by atoms with E-state index in [1.54, 1.807) is 6.20 Å². The number of anilines is 1. The molecular formula is C22H24N6O. The average Bonchev–Trinajstić information content (AvgIpc) is 3.24. The molecule has 0 radical (unpaired) electrons. The first kappa shape index (κ1) is 18.0. The Balaban J connectivity index is 1.23. The zero-order chi connectivity index (χ0) is 19.6. The maximum atomic E-state index is 12.8. The average molecular weight is 388 g/mol. The van der Waals surface area contributed by atoms with Gasteiger partial charge >= 0.3 is 0 Å². The first-order valence-corrected chi connectivity index (χ1v) is 10.2. The number of pyridine rings is 1. The van der Waals surface area contributed by atoms with Gasteiger partial charge in [0.25, 0.3) is 0 Å². The van der Waals surface area contributed by atoms with Crippen LogP contribution in [0.3, 0.4) is 0 Å². The SMILES string of the molecule is O=C(Nc1ccccc1)[C@H]1CN2CC[C@H]1C[C@@H]2Cn1cc(-c2ccccn2)nn1. The number of rotatable bonds is 5. The third-order valence-corrected chi connectivity index (χ3v) is 6.12. The fraction of sp³-hybridized carbons (Fsp3) is 0.364. The third kappa shape index (κ3) is 3.78. The van der Waals surface area contributed by atoms with Crippen LogP contribution in [0.2, 0.25) is 0 Å². The molecule has 2 bridgehead atoms. The summed E-state index contributed by atoms with van der Waals surface area (Å²) in [4.78, 5) is 19.6. The summed E-state index contributed by atoms with van der Waals surface area (Å²) in [7, 11) is 0. The Kier molecular flexibility index (Phi) is 4.81. The highest BCUT2D eigenvalue weighted by Crippen LogP contribution is 2.37. The molecule has 1 aromatic carbocycles. The summed E-state index contributed by atoms with van der Waals surface area (Å²) in [6, 6.07) is 15.9. The van der Waals surface area contributed by atoms with Crippen molar-refractivity contribution in [3.05, 3.63) is 60.9 Å². The molecule has 4 atom stereocenters. The van der Waals surface area contributed by atoms with Crippen LogP contribution in [0.25, 0.3) is 11.4 Å². The second-order valence-corrected chi connectivity index (χ2v) is 7.94. The van der Waals surface area contributed by atoms with Gasteiger partial charge in [-0.05, 0) is 49.6 Å². The largest absolute Gasteiger partial charge is 0.326 e. The second-order valence-electron chi connectivity index (χ2n) is 7.94.